The monoisotopic (exact) mass is 286 g/mol. The molecule has 3 rings (SSSR count). The van der Waals surface area contributed by atoms with Crippen molar-refractivity contribution < 1.29 is 0 Å². The van der Waals surface area contributed by atoms with Crippen molar-refractivity contribution in [2.75, 3.05) is 18.0 Å². The SMILES string of the molecule is CCC1CCCCC1NC1CCN(c2ccccc2)CC1. The Morgan fingerprint density at radius 1 is 1.00 bits per heavy atom. The van der Waals surface area contributed by atoms with Gasteiger partial charge >= 0.3 is 0 Å². The van der Waals surface area contributed by atoms with E-state index in [4.69, 9.17) is 0 Å². The third-order valence-electron chi connectivity index (χ3n) is 5.50. The maximum absolute atomic E-state index is 4.00. The quantitative estimate of drug-likeness (QED) is 0.892. The second-order valence-electron chi connectivity index (χ2n) is 6.82. The van der Waals surface area contributed by atoms with Crippen LogP contribution >= 0.6 is 0 Å². The first-order valence-corrected chi connectivity index (χ1v) is 8.93. The van der Waals surface area contributed by atoms with E-state index in [1.807, 2.05) is 0 Å². The lowest BCUT2D eigenvalue weighted by Gasteiger charge is -2.39. The molecular formula is C19H30N2. The van der Waals surface area contributed by atoms with Gasteiger partial charge in [-0.3, -0.25) is 0 Å². The van der Waals surface area contributed by atoms with E-state index in [1.54, 1.807) is 0 Å². The Morgan fingerprint density at radius 2 is 1.71 bits per heavy atom. The molecule has 2 unspecified atom stereocenters. The van der Waals surface area contributed by atoms with E-state index in [0.717, 1.165) is 18.0 Å². The molecule has 1 aromatic rings. The molecule has 1 saturated carbocycles. The highest BCUT2D eigenvalue weighted by Crippen LogP contribution is 2.28. The molecule has 2 nitrogen and oxygen atoms in total. The molecule has 2 atom stereocenters. The Bertz CT molecular complexity index is 409. The molecule has 0 spiro atoms. The lowest BCUT2D eigenvalue weighted by Crippen LogP contribution is -2.49. The van der Waals surface area contributed by atoms with Gasteiger partial charge in [0.1, 0.15) is 0 Å². The highest BCUT2D eigenvalue weighted by molar-refractivity contribution is 5.46. The predicted octanol–water partition coefficient (Wildman–Crippen LogP) is 4.21. The summed E-state index contributed by atoms with van der Waals surface area (Å²) in [5.41, 5.74) is 1.39. The van der Waals surface area contributed by atoms with Crippen LogP contribution in [0.25, 0.3) is 0 Å². The lowest BCUT2D eigenvalue weighted by atomic mass is 9.82. The van der Waals surface area contributed by atoms with Crippen molar-refractivity contribution in [3.8, 4) is 0 Å². The Hall–Kier alpha value is -1.02. The number of piperidine rings is 1. The Balaban J connectivity index is 1.49. The van der Waals surface area contributed by atoms with E-state index in [2.05, 4.69) is 47.5 Å². The van der Waals surface area contributed by atoms with Crippen molar-refractivity contribution in [1.82, 2.24) is 5.32 Å². The fourth-order valence-electron chi connectivity index (χ4n) is 4.16. The molecule has 0 bridgehead atoms. The number of rotatable bonds is 4. The van der Waals surface area contributed by atoms with Crippen LogP contribution in [0.15, 0.2) is 30.3 Å². The Labute approximate surface area is 129 Å². The highest BCUT2D eigenvalue weighted by Gasteiger charge is 2.27. The first-order chi connectivity index (χ1) is 10.4. The highest BCUT2D eigenvalue weighted by atomic mass is 15.1. The zero-order chi connectivity index (χ0) is 14.5. The van der Waals surface area contributed by atoms with Crippen LogP contribution in [0, 0.1) is 5.92 Å². The minimum absolute atomic E-state index is 0.738. The van der Waals surface area contributed by atoms with Gasteiger partial charge in [-0.1, -0.05) is 44.4 Å². The van der Waals surface area contributed by atoms with Crippen LogP contribution in [0.1, 0.15) is 51.9 Å². The van der Waals surface area contributed by atoms with Crippen LogP contribution in [-0.4, -0.2) is 25.2 Å². The van der Waals surface area contributed by atoms with Crippen LogP contribution in [0.5, 0.6) is 0 Å². The fraction of sp³-hybridized carbons (Fsp3) is 0.684. The number of hydrogen-bond acceptors (Lipinski definition) is 2. The average Bonchev–Trinajstić information content (AvgIpc) is 2.57. The molecule has 0 amide bonds. The van der Waals surface area contributed by atoms with Gasteiger partial charge in [0.2, 0.25) is 0 Å². The molecule has 2 heteroatoms. The topological polar surface area (TPSA) is 15.3 Å². The van der Waals surface area contributed by atoms with Gasteiger partial charge in [-0.15, -0.1) is 0 Å². The average molecular weight is 286 g/mol. The molecule has 116 valence electrons. The Kier molecular flexibility index (Phi) is 5.18. The zero-order valence-corrected chi connectivity index (χ0v) is 13.4. The van der Waals surface area contributed by atoms with Gasteiger partial charge in [0, 0.05) is 30.9 Å². The van der Waals surface area contributed by atoms with Crippen molar-refractivity contribution in [2.24, 2.45) is 5.92 Å². The summed E-state index contributed by atoms with van der Waals surface area (Å²) in [5, 5.41) is 4.00. The molecule has 1 heterocycles. The van der Waals surface area contributed by atoms with E-state index >= 15 is 0 Å². The smallest absolute Gasteiger partial charge is 0.0366 e. The van der Waals surface area contributed by atoms with Crippen LogP contribution in [0.3, 0.4) is 0 Å². The van der Waals surface area contributed by atoms with E-state index in [9.17, 15) is 0 Å². The minimum atomic E-state index is 0.738. The number of nitrogens with zero attached hydrogens (tertiary/aromatic N) is 1. The standard InChI is InChI=1S/C19H30N2/c1-2-16-8-6-7-11-19(16)20-17-12-14-21(15-13-17)18-9-4-3-5-10-18/h3-5,9-10,16-17,19-20H,2,6-8,11-15H2,1H3. The summed E-state index contributed by atoms with van der Waals surface area (Å²) in [7, 11) is 0. The molecule has 0 radical (unpaired) electrons. The zero-order valence-electron chi connectivity index (χ0n) is 13.4. The van der Waals surface area contributed by atoms with Crippen molar-refractivity contribution >= 4 is 5.69 Å². The first kappa shape index (κ1) is 14.9. The van der Waals surface area contributed by atoms with E-state index < -0.39 is 0 Å². The summed E-state index contributed by atoms with van der Waals surface area (Å²) < 4.78 is 0. The molecular weight excluding hydrogens is 256 g/mol. The summed E-state index contributed by atoms with van der Waals surface area (Å²) in [6.45, 7) is 4.76. The van der Waals surface area contributed by atoms with Crippen molar-refractivity contribution in [2.45, 2.75) is 64.0 Å². The molecule has 2 fully saturated rings. The summed E-state index contributed by atoms with van der Waals surface area (Å²) in [6.07, 6.45) is 9.65. The van der Waals surface area contributed by atoms with Crippen molar-refractivity contribution in [3.05, 3.63) is 30.3 Å². The summed E-state index contributed by atoms with van der Waals surface area (Å²) in [6, 6.07) is 12.4. The number of para-hydroxylation sites is 1. The fourth-order valence-corrected chi connectivity index (χ4v) is 4.16. The van der Waals surface area contributed by atoms with Crippen molar-refractivity contribution in [3.63, 3.8) is 0 Å². The van der Waals surface area contributed by atoms with Crippen molar-refractivity contribution in [1.29, 1.82) is 0 Å². The van der Waals surface area contributed by atoms with Gasteiger partial charge in [-0.25, -0.2) is 0 Å². The molecule has 1 aliphatic carbocycles. The molecule has 0 aromatic heterocycles. The third kappa shape index (κ3) is 3.79. The second-order valence-corrected chi connectivity index (χ2v) is 6.82. The normalized spacial score (nSPS) is 27.8. The number of nitrogens with one attached hydrogen (secondary N) is 1. The van der Waals surface area contributed by atoms with Crippen LogP contribution in [0.2, 0.25) is 0 Å². The Morgan fingerprint density at radius 3 is 2.43 bits per heavy atom. The van der Waals surface area contributed by atoms with Gasteiger partial charge < -0.3 is 10.2 Å². The first-order valence-electron chi connectivity index (χ1n) is 8.93. The van der Waals surface area contributed by atoms with Gasteiger partial charge in [0.15, 0.2) is 0 Å². The van der Waals surface area contributed by atoms with E-state index in [0.29, 0.717) is 0 Å². The van der Waals surface area contributed by atoms with Crippen LogP contribution in [-0.2, 0) is 0 Å². The molecule has 1 N–H and O–H groups in total. The maximum atomic E-state index is 4.00. The van der Waals surface area contributed by atoms with Crippen LogP contribution in [0.4, 0.5) is 5.69 Å². The van der Waals surface area contributed by atoms with E-state index in [1.165, 1.54) is 63.7 Å². The molecule has 1 saturated heterocycles. The van der Waals surface area contributed by atoms with Gasteiger partial charge in [0.25, 0.3) is 0 Å². The second kappa shape index (κ2) is 7.31. The van der Waals surface area contributed by atoms with Crippen LogP contribution < -0.4 is 10.2 Å². The number of benzene rings is 1. The van der Waals surface area contributed by atoms with Gasteiger partial charge in [0.05, 0.1) is 0 Å². The lowest BCUT2D eigenvalue weighted by molar-refractivity contribution is 0.224. The van der Waals surface area contributed by atoms with Gasteiger partial charge in [-0.2, -0.15) is 0 Å². The number of hydrogen-bond donors (Lipinski definition) is 1. The summed E-state index contributed by atoms with van der Waals surface area (Å²) in [4.78, 5) is 2.54. The van der Waals surface area contributed by atoms with E-state index in [-0.39, 0.29) is 0 Å². The minimum Gasteiger partial charge on any atom is -0.371 e. The number of anilines is 1. The molecule has 1 aromatic carbocycles. The molecule has 21 heavy (non-hydrogen) atoms. The largest absolute Gasteiger partial charge is 0.371 e. The molecule has 1 aliphatic heterocycles. The summed E-state index contributed by atoms with van der Waals surface area (Å²) in [5.74, 6) is 0.922. The van der Waals surface area contributed by atoms with Gasteiger partial charge in [-0.05, 0) is 43.7 Å². The third-order valence-corrected chi connectivity index (χ3v) is 5.50. The predicted molar refractivity (Wildman–Crippen MR) is 90.8 cm³/mol. The molecule has 2 aliphatic rings. The summed E-state index contributed by atoms with van der Waals surface area (Å²) >= 11 is 0. The maximum Gasteiger partial charge on any atom is 0.0366 e.